The fraction of sp³-hybridized carbons (Fsp3) is 0.729. The van der Waals surface area contributed by atoms with E-state index in [1.54, 1.807) is 0 Å². The average molecular weight is 705 g/mol. The molecule has 3 nitrogen and oxygen atoms in total. The predicted octanol–water partition coefficient (Wildman–Crippen LogP) is 16.1. The van der Waals surface area contributed by atoms with Crippen molar-refractivity contribution in [2.24, 2.45) is 0 Å². The van der Waals surface area contributed by atoms with Crippen LogP contribution in [0.5, 0.6) is 11.5 Å². The van der Waals surface area contributed by atoms with Gasteiger partial charge in [-0.25, -0.2) is 4.79 Å². The van der Waals surface area contributed by atoms with E-state index in [1.165, 1.54) is 173 Å². The van der Waals surface area contributed by atoms with Gasteiger partial charge in [-0.1, -0.05) is 212 Å². The van der Waals surface area contributed by atoms with Crippen LogP contribution in [0.15, 0.2) is 48.5 Å². The molecule has 290 valence electrons. The smallest absolute Gasteiger partial charge is 0.343 e. The minimum absolute atomic E-state index is 0.148. The summed E-state index contributed by atoms with van der Waals surface area (Å²) in [5.41, 5.74) is 1.89. The molecule has 2 unspecified atom stereocenters. The van der Waals surface area contributed by atoms with Crippen LogP contribution < -0.4 is 9.47 Å². The molecule has 0 aliphatic heterocycles. The summed E-state index contributed by atoms with van der Waals surface area (Å²) >= 11 is 0. The Labute approximate surface area is 316 Å². The molecule has 0 aliphatic carbocycles. The zero-order valence-electron chi connectivity index (χ0n) is 34.0. The van der Waals surface area contributed by atoms with Gasteiger partial charge in [0.1, 0.15) is 0 Å². The summed E-state index contributed by atoms with van der Waals surface area (Å²) in [5.74, 6) is 1.35. The molecule has 0 radical (unpaired) electrons. The van der Waals surface area contributed by atoms with Crippen molar-refractivity contribution in [2.75, 3.05) is 0 Å². The molecule has 0 fully saturated rings. The van der Waals surface area contributed by atoms with Crippen molar-refractivity contribution in [1.82, 2.24) is 0 Å². The first-order valence-electron chi connectivity index (χ1n) is 22.2. The number of hydrogen-bond acceptors (Lipinski definition) is 3. The molecule has 0 spiro atoms. The molecule has 0 bridgehead atoms. The number of ether oxygens (including phenoxy) is 2. The lowest BCUT2D eigenvalue weighted by atomic mass is 9.94. The third-order valence-corrected chi connectivity index (χ3v) is 10.8. The van der Waals surface area contributed by atoms with Crippen LogP contribution in [0.2, 0.25) is 0 Å². The molecular formula is C48H80O3. The maximum absolute atomic E-state index is 13.2. The van der Waals surface area contributed by atoms with Crippen molar-refractivity contribution >= 4 is 5.97 Å². The van der Waals surface area contributed by atoms with E-state index < -0.39 is 0 Å². The van der Waals surface area contributed by atoms with Gasteiger partial charge in [0.15, 0.2) is 11.5 Å². The van der Waals surface area contributed by atoms with E-state index in [0.717, 1.165) is 19.3 Å². The van der Waals surface area contributed by atoms with Crippen molar-refractivity contribution < 1.29 is 14.3 Å². The van der Waals surface area contributed by atoms with Gasteiger partial charge in [0.2, 0.25) is 0 Å². The highest BCUT2D eigenvalue weighted by atomic mass is 16.6. The summed E-state index contributed by atoms with van der Waals surface area (Å²) in [6.07, 6.45) is 38.9. The minimum Gasteiger partial charge on any atom is -0.487 e. The standard InChI is InChI=1S/C48H80O3/c1-5-8-10-12-14-16-17-18-19-20-21-22-24-25-27-29-34-42(4)43-38-40-44(41-39-43)48(49)51-47-37-32-31-36-46(47)50-45(33-7-3)35-30-28-26-23-15-13-11-9-6-2/h31-32,36-42,45H,5-30,33-35H2,1-4H3. The van der Waals surface area contributed by atoms with Crippen LogP contribution in [0.1, 0.15) is 236 Å². The van der Waals surface area contributed by atoms with Gasteiger partial charge in [-0.3, -0.25) is 0 Å². The first kappa shape index (κ1) is 44.9. The van der Waals surface area contributed by atoms with Crippen molar-refractivity contribution in [3.05, 3.63) is 59.7 Å². The lowest BCUT2D eigenvalue weighted by molar-refractivity contribution is 0.0721. The number of esters is 1. The van der Waals surface area contributed by atoms with E-state index in [-0.39, 0.29) is 12.1 Å². The van der Waals surface area contributed by atoms with Crippen LogP contribution in [0.25, 0.3) is 0 Å². The van der Waals surface area contributed by atoms with Gasteiger partial charge in [0, 0.05) is 0 Å². The summed E-state index contributed by atoms with van der Waals surface area (Å²) in [5, 5.41) is 0. The number of benzene rings is 2. The normalized spacial score (nSPS) is 12.5. The van der Waals surface area contributed by atoms with Gasteiger partial charge in [-0.05, 0) is 61.4 Å². The highest BCUT2D eigenvalue weighted by molar-refractivity contribution is 5.91. The molecule has 3 heteroatoms. The molecule has 0 heterocycles. The van der Waals surface area contributed by atoms with E-state index in [0.29, 0.717) is 23.0 Å². The van der Waals surface area contributed by atoms with Crippen LogP contribution in [0.4, 0.5) is 0 Å². The Morgan fingerprint density at radius 1 is 0.471 bits per heavy atom. The molecule has 51 heavy (non-hydrogen) atoms. The van der Waals surface area contributed by atoms with E-state index >= 15 is 0 Å². The molecule has 0 saturated carbocycles. The van der Waals surface area contributed by atoms with E-state index in [1.807, 2.05) is 36.4 Å². The largest absolute Gasteiger partial charge is 0.487 e. The topological polar surface area (TPSA) is 35.5 Å². The average Bonchev–Trinajstić information content (AvgIpc) is 3.14. The first-order chi connectivity index (χ1) is 25.1. The number of para-hydroxylation sites is 2. The van der Waals surface area contributed by atoms with Gasteiger partial charge in [-0.2, -0.15) is 0 Å². The Kier molecular flexibility index (Phi) is 27.5. The minimum atomic E-state index is -0.325. The maximum Gasteiger partial charge on any atom is 0.343 e. The molecule has 0 N–H and O–H groups in total. The summed E-state index contributed by atoms with van der Waals surface area (Å²) in [6, 6.07) is 15.7. The summed E-state index contributed by atoms with van der Waals surface area (Å²) in [7, 11) is 0. The molecule has 2 rings (SSSR count). The quantitative estimate of drug-likeness (QED) is 0.0413. The lowest BCUT2D eigenvalue weighted by Crippen LogP contribution is -2.17. The molecule has 2 aromatic rings. The Hall–Kier alpha value is -2.29. The Morgan fingerprint density at radius 3 is 1.33 bits per heavy atom. The number of carbonyl (C=O) groups excluding carboxylic acids is 1. The number of hydrogen-bond donors (Lipinski definition) is 0. The number of carbonyl (C=O) groups is 1. The van der Waals surface area contributed by atoms with Crippen LogP contribution in [0, 0.1) is 0 Å². The molecule has 0 aliphatic rings. The van der Waals surface area contributed by atoms with E-state index in [9.17, 15) is 4.79 Å². The highest BCUT2D eigenvalue weighted by Crippen LogP contribution is 2.31. The molecule has 0 saturated heterocycles. The number of rotatable bonds is 34. The van der Waals surface area contributed by atoms with Crippen molar-refractivity contribution in [3.63, 3.8) is 0 Å². The molecule has 0 aromatic heterocycles. The van der Waals surface area contributed by atoms with Crippen molar-refractivity contribution in [2.45, 2.75) is 226 Å². The van der Waals surface area contributed by atoms with Crippen LogP contribution >= 0.6 is 0 Å². The van der Waals surface area contributed by atoms with E-state index in [2.05, 4.69) is 39.8 Å². The summed E-state index contributed by atoms with van der Waals surface area (Å²) in [4.78, 5) is 13.2. The van der Waals surface area contributed by atoms with Crippen LogP contribution in [-0.4, -0.2) is 12.1 Å². The van der Waals surface area contributed by atoms with Crippen LogP contribution in [-0.2, 0) is 0 Å². The van der Waals surface area contributed by atoms with Gasteiger partial charge in [-0.15, -0.1) is 0 Å². The van der Waals surface area contributed by atoms with Crippen molar-refractivity contribution in [3.8, 4) is 11.5 Å². The van der Waals surface area contributed by atoms with E-state index in [4.69, 9.17) is 9.47 Å². The highest BCUT2D eigenvalue weighted by Gasteiger charge is 2.17. The van der Waals surface area contributed by atoms with Gasteiger partial charge >= 0.3 is 5.97 Å². The second-order valence-electron chi connectivity index (χ2n) is 15.6. The molecular weight excluding hydrogens is 625 g/mol. The third-order valence-electron chi connectivity index (χ3n) is 10.8. The van der Waals surface area contributed by atoms with Gasteiger partial charge < -0.3 is 9.47 Å². The summed E-state index contributed by atoms with van der Waals surface area (Å²) in [6.45, 7) is 9.10. The van der Waals surface area contributed by atoms with Crippen molar-refractivity contribution in [1.29, 1.82) is 0 Å². The SMILES string of the molecule is CCCCCCCCCCCCCCCCCCC(C)c1ccc(C(=O)Oc2ccccc2OC(CCC)CCCCCCCCCCC)cc1. The second kappa shape index (κ2) is 31.3. The van der Waals surface area contributed by atoms with Gasteiger partial charge in [0.25, 0.3) is 0 Å². The fourth-order valence-electron chi connectivity index (χ4n) is 7.35. The molecule has 2 aromatic carbocycles. The third kappa shape index (κ3) is 22.4. The summed E-state index contributed by atoms with van der Waals surface area (Å²) < 4.78 is 12.4. The molecule has 0 amide bonds. The maximum atomic E-state index is 13.2. The Bertz CT molecular complexity index is 1080. The zero-order valence-corrected chi connectivity index (χ0v) is 34.0. The predicted molar refractivity (Wildman–Crippen MR) is 222 cm³/mol. The number of unbranched alkanes of at least 4 members (excludes halogenated alkanes) is 23. The van der Waals surface area contributed by atoms with Crippen LogP contribution in [0.3, 0.4) is 0 Å². The lowest BCUT2D eigenvalue weighted by Gasteiger charge is -2.20. The van der Waals surface area contributed by atoms with Gasteiger partial charge in [0.05, 0.1) is 11.7 Å². The molecule has 2 atom stereocenters. The second-order valence-corrected chi connectivity index (χ2v) is 15.6. The zero-order chi connectivity index (χ0) is 36.6. The first-order valence-corrected chi connectivity index (χ1v) is 22.2. The Morgan fingerprint density at radius 2 is 0.882 bits per heavy atom. The fourth-order valence-corrected chi connectivity index (χ4v) is 7.35. The Balaban J connectivity index is 1.63. The monoisotopic (exact) mass is 705 g/mol.